The Kier molecular flexibility index (Phi) is 7.21. The van der Waals surface area contributed by atoms with Crippen LogP contribution >= 0.6 is 15.9 Å². The van der Waals surface area contributed by atoms with E-state index in [1.165, 1.54) is 0 Å². The van der Waals surface area contributed by atoms with E-state index in [1.54, 1.807) is 0 Å². The molecule has 1 N–H and O–H groups in total. The molecular weight excluding hydrogens is 424 g/mol. The molecule has 0 aliphatic heterocycles. The molecular formula is C25H27BrN2O. The number of nitrogens with one attached hydrogen (secondary N) is 1. The van der Waals surface area contributed by atoms with E-state index < -0.39 is 0 Å². The van der Waals surface area contributed by atoms with Crippen molar-refractivity contribution in [3.8, 4) is 11.1 Å². The van der Waals surface area contributed by atoms with Crippen LogP contribution in [0.25, 0.3) is 11.1 Å². The van der Waals surface area contributed by atoms with Gasteiger partial charge >= 0.3 is 0 Å². The van der Waals surface area contributed by atoms with Gasteiger partial charge in [0.25, 0.3) is 0 Å². The second-order valence-electron chi connectivity index (χ2n) is 7.83. The van der Waals surface area contributed by atoms with E-state index in [9.17, 15) is 4.79 Å². The van der Waals surface area contributed by atoms with Gasteiger partial charge in [-0.2, -0.15) is 0 Å². The van der Waals surface area contributed by atoms with Gasteiger partial charge in [0.2, 0.25) is 5.91 Å². The summed E-state index contributed by atoms with van der Waals surface area (Å²) < 4.78 is 0.995. The van der Waals surface area contributed by atoms with Crippen LogP contribution in [0.2, 0.25) is 0 Å². The second kappa shape index (κ2) is 9.84. The lowest BCUT2D eigenvalue weighted by atomic mass is 9.90. The van der Waals surface area contributed by atoms with E-state index in [4.69, 9.17) is 0 Å². The smallest absolute Gasteiger partial charge is 0.231 e. The summed E-state index contributed by atoms with van der Waals surface area (Å²) in [5, 5.41) is 3.11. The van der Waals surface area contributed by atoms with Crippen molar-refractivity contribution in [1.82, 2.24) is 4.98 Å². The average molecular weight is 451 g/mol. The highest BCUT2D eigenvalue weighted by molar-refractivity contribution is 9.10. The predicted molar refractivity (Wildman–Crippen MR) is 124 cm³/mol. The molecule has 0 fully saturated rings. The molecule has 0 spiro atoms. The van der Waals surface area contributed by atoms with Crippen LogP contribution in [-0.2, 0) is 4.79 Å². The Hall–Kier alpha value is -2.46. The van der Waals surface area contributed by atoms with Crippen LogP contribution in [0.3, 0.4) is 0 Å². The summed E-state index contributed by atoms with van der Waals surface area (Å²) in [5.74, 6) is 0.425. The molecule has 0 aliphatic rings. The summed E-state index contributed by atoms with van der Waals surface area (Å²) in [6, 6.07) is 20.1. The highest BCUT2D eigenvalue weighted by Crippen LogP contribution is 2.28. The minimum atomic E-state index is -0.169. The summed E-state index contributed by atoms with van der Waals surface area (Å²) >= 11 is 3.53. The normalized spacial score (nSPS) is 12.0. The van der Waals surface area contributed by atoms with Gasteiger partial charge in [-0.1, -0.05) is 54.0 Å². The number of amides is 1. The molecule has 1 atom stereocenters. The number of hydrogen-bond donors (Lipinski definition) is 1. The Balaban J connectivity index is 1.76. The van der Waals surface area contributed by atoms with Crippen LogP contribution in [0.15, 0.2) is 71.3 Å². The third-order valence-corrected chi connectivity index (χ3v) is 5.48. The van der Waals surface area contributed by atoms with Crippen molar-refractivity contribution >= 4 is 27.5 Å². The number of carbonyl (C=O) groups excluding carboxylic acids is 1. The van der Waals surface area contributed by atoms with E-state index in [1.807, 2.05) is 67.7 Å². The number of aromatic nitrogens is 1. The van der Waals surface area contributed by atoms with Gasteiger partial charge in [0, 0.05) is 22.1 Å². The second-order valence-corrected chi connectivity index (χ2v) is 8.75. The van der Waals surface area contributed by atoms with Crippen molar-refractivity contribution in [2.45, 2.75) is 39.5 Å². The van der Waals surface area contributed by atoms with E-state index in [0.717, 1.165) is 45.4 Å². The maximum absolute atomic E-state index is 13.1. The zero-order valence-electron chi connectivity index (χ0n) is 17.2. The number of halogens is 1. The van der Waals surface area contributed by atoms with Crippen LogP contribution in [0, 0.1) is 12.8 Å². The van der Waals surface area contributed by atoms with Crippen molar-refractivity contribution in [3.05, 3.63) is 82.6 Å². The molecule has 0 radical (unpaired) electrons. The minimum Gasteiger partial charge on any atom is -0.326 e. The van der Waals surface area contributed by atoms with Gasteiger partial charge in [-0.15, -0.1) is 0 Å². The summed E-state index contributed by atoms with van der Waals surface area (Å²) in [5.41, 5.74) is 5.08. The Labute approximate surface area is 181 Å². The SMILES string of the molecule is Cc1cc(-c2ccc(NC(=O)[C@H](CCC(C)C)c3cccc(Br)c3)cc2)ccn1. The third-order valence-electron chi connectivity index (χ3n) is 4.98. The fraction of sp³-hybridized carbons (Fsp3) is 0.280. The zero-order valence-corrected chi connectivity index (χ0v) is 18.7. The molecule has 0 bridgehead atoms. The largest absolute Gasteiger partial charge is 0.326 e. The molecule has 1 heterocycles. The quantitative estimate of drug-likeness (QED) is 0.421. The van der Waals surface area contributed by atoms with Crippen LogP contribution in [0.1, 0.15) is 43.9 Å². The van der Waals surface area contributed by atoms with Crippen molar-refractivity contribution in [3.63, 3.8) is 0 Å². The summed E-state index contributed by atoms with van der Waals surface area (Å²) in [6.07, 6.45) is 3.65. The number of rotatable bonds is 7. The predicted octanol–water partition coefficient (Wildman–Crippen LogP) is 6.98. The summed E-state index contributed by atoms with van der Waals surface area (Å²) in [4.78, 5) is 17.3. The lowest BCUT2D eigenvalue weighted by Crippen LogP contribution is -2.21. The van der Waals surface area contributed by atoms with Crippen LogP contribution in [0.4, 0.5) is 5.69 Å². The van der Waals surface area contributed by atoms with Gasteiger partial charge in [-0.25, -0.2) is 0 Å². The summed E-state index contributed by atoms with van der Waals surface area (Å²) in [7, 11) is 0. The van der Waals surface area contributed by atoms with Gasteiger partial charge in [0.05, 0.1) is 5.92 Å². The average Bonchev–Trinajstić information content (AvgIpc) is 2.68. The molecule has 3 aromatic rings. The molecule has 3 nitrogen and oxygen atoms in total. The third kappa shape index (κ3) is 6.01. The molecule has 1 amide bonds. The molecule has 0 saturated carbocycles. The Morgan fingerprint density at radius 2 is 1.76 bits per heavy atom. The standard InChI is InChI=1S/C25H27BrN2O/c1-17(2)7-12-24(21-5-4-6-22(26)16-21)25(29)28-23-10-8-19(9-11-23)20-13-14-27-18(3)15-20/h4-6,8-11,13-17,24H,7,12H2,1-3H3,(H,28,29)/t24-/m1/s1. The molecule has 0 unspecified atom stereocenters. The first-order chi connectivity index (χ1) is 13.9. The van der Waals surface area contributed by atoms with E-state index in [-0.39, 0.29) is 11.8 Å². The van der Waals surface area contributed by atoms with Crippen LogP contribution < -0.4 is 5.32 Å². The highest BCUT2D eigenvalue weighted by Gasteiger charge is 2.21. The zero-order chi connectivity index (χ0) is 20.8. The van der Waals surface area contributed by atoms with E-state index in [0.29, 0.717) is 5.92 Å². The fourth-order valence-corrected chi connectivity index (χ4v) is 3.79. The van der Waals surface area contributed by atoms with Gasteiger partial charge in [-0.05, 0) is 78.8 Å². The topological polar surface area (TPSA) is 42.0 Å². The molecule has 0 saturated heterocycles. The fourth-order valence-electron chi connectivity index (χ4n) is 3.37. The number of nitrogens with zero attached hydrogens (tertiary/aromatic N) is 1. The molecule has 0 aliphatic carbocycles. The molecule has 29 heavy (non-hydrogen) atoms. The molecule has 1 aromatic heterocycles. The Morgan fingerprint density at radius 3 is 2.41 bits per heavy atom. The Morgan fingerprint density at radius 1 is 1.00 bits per heavy atom. The monoisotopic (exact) mass is 450 g/mol. The van der Waals surface area contributed by atoms with Gasteiger partial charge in [0.15, 0.2) is 0 Å². The number of aryl methyl sites for hydroxylation is 1. The van der Waals surface area contributed by atoms with E-state index >= 15 is 0 Å². The first-order valence-electron chi connectivity index (χ1n) is 10.0. The van der Waals surface area contributed by atoms with Crippen molar-refractivity contribution in [2.24, 2.45) is 5.92 Å². The maximum Gasteiger partial charge on any atom is 0.231 e. The molecule has 150 valence electrons. The maximum atomic E-state index is 13.1. The summed E-state index contributed by atoms with van der Waals surface area (Å²) in [6.45, 7) is 6.36. The van der Waals surface area contributed by atoms with E-state index in [2.05, 4.69) is 46.1 Å². The number of carbonyl (C=O) groups is 1. The number of benzene rings is 2. The number of pyridine rings is 1. The molecule has 3 rings (SSSR count). The van der Waals surface area contributed by atoms with Crippen molar-refractivity contribution in [1.29, 1.82) is 0 Å². The lowest BCUT2D eigenvalue weighted by molar-refractivity contribution is -0.117. The molecule has 4 heteroatoms. The van der Waals surface area contributed by atoms with Crippen molar-refractivity contribution in [2.75, 3.05) is 5.32 Å². The first-order valence-corrected chi connectivity index (χ1v) is 10.8. The molecule has 2 aromatic carbocycles. The Bertz CT molecular complexity index is 967. The lowest BCUT2D eigenvalue weighted by Gasteiger charge is -2.19. The number of hydrogen-bond acceptors (Lipinski definition) is 2. The van der Waals surface area contributed by atoms with Gasteiger partial charge < -0.3 is 5.32 Å². The highest BCUT2D eigenvalue weighted by atomic mass is 79.9. The first kappa shape index (κ1) is 21.3. The van der Waals surface area contributed by atoms with Gasteiger partial charge in [-0.3, -0.25) is 9.78 Å². The number of anilines is 1. The van der Waals surface area contributed by atoms with Crippen molar-refractivity contribution < 1.29 is 4.79 Å². The van der Waals surface area contributed by atoms with Crippen LogP contribution in [0.5, 0.6) is 0 Å². The minimum absolute atomic E-state index is 0.0382. The van der Waals surface area contributed by atoms with Crippen LogP contribution in [-0.4, -0.2) is 10.9 Å². The van der Waals surface area contributed by atoms with Gasteiger partial charge in [0.1, 0.15) is 0 Å².